The maximum Gasteiger partial charge on any atom is 0.282 e. The Bertz CT molecular complexity index is 389. The van der Waals surface area contributed by atoms with Gasteiger partial charge in [-0.1, -0.05) is 13.3 Å². The smallest absolute Gasteiger partial charge is 0.282 e. The molecule has 4 nitrogen and oxygen atoms in total. The number of nitrogens with zero attached hydrogens (tertiary/aromatic N) is 3. The number of anilines is 1. The fourth-order valence-corrected chi connectivity index (χ4v) is 1.95. The summed E-state index contributed by atoms with van der Waals surface area (Å²) in [5.41, 5.74) is 0.752. The van der Waals surface area contributed by atoms with Crippen molar-refractivity contribution in [1.29, 1.82) is 0 Å². The van der Waals surface area contributed by atoms with E-state index < -0.39 is 0 Å². The van der Waals surface area contributed by atoms with E-state index >= 15 is 0 Å². The monoisotopic (exact) mass is 273 g/mol. The van der Waals surface area contributed by atoms with Gasteiger partial charge in [-0.2, -0.15) is 5.10 Å². The third-order valence-electron chi connectivity index (χ3n) is 2.32. The average molecular weight is 274 g/mol. The number of hydrogen-bond acceptors (Lipinski definition) is 3. The molecule has 0 saturated carbocycles. The maximum absolute atomic E-state index is 11.6. The van der Waals surface area contributed by atoms with Crippen LogP contribution in [0, 0.1) is 0 Å². The van der Waals surface area contributed by atoms with Crippen LogP contribution in [0.5, 0.6) is 0 Å². The quantitative estimate of drug-likeness (QED) is 0.840. The van der Waals surface area contributed by atoms with Crippen molar-refractivity contribution in [2.75, 3.05) is 18.5 Å². The first kappa shape index (κ1) is 12.2. The molecule has 0 amide bonds. The zero-order valence-corrected chi connectivity index (χ0v) is 10.9. The summed E-state index contributed by atoms with van der Waals surface area (Å²) in [4.78, 5) is 13.6. The van der Waals surface area contributed by atoms with Gasteiger partial charge in [0.05, 0.1) is 11.9 Å². The summed E-state index contributed by atoms with van der Waals surface area (Å²) in [6.45, 7) is 3.08. The van der Waals surface area contributed by atoms with E-state index in [1.165, 1.54) is 4.68 Å². The van der Waals surface area contributed by atoms with Crippen LogP contribution in [0.3, 0.4) is 0 Å². The van der Waals surface area contributed by atoms with E-state index in [0.29, 0.717) is 4.47 Å². The number of unbranched alkanes of at least 4 members (excludes halogenated alkanes) is 1. The van der Waals surface area contributed by atoms with Crippen molar-refractivity contribution in [3.05, 3.63) is 21.0 Å². The van der Waals surface area contributed by atoms with E-state index in [9.17, 15) is 4.79 Å². The van der Waals surface area contributed by atoms with Crippen LogP contribution >= 0.6 is 15.9 Å². The van der Waals surface area contributed by atoms with Gasteiger partial charge in [0, 0.05) is 20.6 Å². The van der Waals surface area contributed by atoms with Gasteiger partial charge in [0.1, 0.15) is 4.47 Å². The van der Waals surface area contributed by atoms with Crippen LogP contribution < -0.4 is 10.5 Å². The third-order valence-corrected chi connectivity index (χ3v) is 3.06. The Hall–Kier alpha value is -0.840. The number of aromatic nitrogens is 2. The lowest BCUT2D eigenvalue weighted by Gasteiger charge is -2.19. The molecule has 0 saturated heterocycles. The average Bonchev–Trinajstić information content (AvgIpc) is 2.23. The minimum absolute atomic E-state index is 0.101. The van der Waals surface area contributed by atoms with Crippen molar-refractivity contribution >= 4 is 21.6 Å². The molecule has 0 aliphatic rings. The van der Waals surface area contributed by atoms with Crippen molar-refractivity contribution in [3.63, 3.8) is 0 Å². The van der Waals surface area contributed by atoms with Crippen LogP contribution in [0.15, 0.2) is 15.5 Å². The van der Waals surface area contributed by atoms with Crippen LogP contribution in [0.25, 0.3) is 0 Å². The lowest BCUT2D eigenvalue weighted by molar-refractivity contribution is 0.693. The molecule has 1 aromatic rings. The lowest BCUT2D eigenvalue weighted by Crippen LogP contribution is -2.26. The topological polar surface area (TPSA) is 38.1 Å². The van der Waals surface area contributed by atoms with Gasteiger partial charge in [-0.15, -0.1) is 0 Å². The van der Waals surface area contributed by atoms with Gasteiger partial charge in [-0.3, -0.25) is 4.79 Å². The van der Waals surface area contributed by atoms with E-state index in [4.69, 9.17) is 0 Å². The van der Waals surface area contributed by atoms with Crippen LogP contribution in [-0.4, -0.2) is 23.4 Å². The van der Waals surface area contributed by atoms with Gasteiger partial charge in [-0.05, 0) is 22.4 Å². The highest BCUT2D eigenvalue weighted by atomic mass is 79.9. The number of hydrogen-bond donors (Lipinski definition) is 0. The Labute approximate surface area is 98.0 Å². The van der Waals surface area contributed by atoms with Crippen LogP contribution in [-0.2, 0) is 7.05 Å². The third kappa shape index (κ3) is 2.81. The molecule has 84 valence electrons. The van der Waals surface area contributed by atoms with Gasteiger partial charge in [0.15, 0.2) is 0 Å². The van der Waals surface area contributed by atoms with Gasteiger partial charge in [0.25, 0.3) is 5.56 Å². The highest BCUT2D eigenvalue weighted by molar-refractivity contribution is 9.10. The van der Waals surface area contributed by atoms with Crippen LogP contribution in [0.1, 0.15) is 19.8 Å². The molecule has 0 spiro atoms. The molecule has 0 radical (unpaired) electrons. The molecule has 0 unspecified atom stereocenters. The molecule has 1 heterocycles. The summed E-state index contributed by atoms with van der Waals surface area (Å²) in [5.74, 6) is 0. The molecule has 0 aromatic carbocycles. The standard InChI is InChI=1S/C10H16BrN3O/c1-4-5-6-13(2)8-7-12-14(3)10(15)9(8)11/h7H,4-6H2,1-3H3. The minimum Gasteiger partial charge on any atom is -0.372 e. The van der Waals surface area contributed by atoms with Gasteiger partial charge >= 0.3 is 0 Å². The Morgan fingerprint density at radius 3 is 2.87 bits per heavy atom. The molecule has 0 N–H and O–H groups in total. The first-order valence-electron chi connectivity index (χ1n) is 5.00. The molecule has 0 aliphatic carbocycles. The molecule has 0 fully saturated rings. The van der Waals surface area contributed by atoms with E-state index in [2.05, 4.69) is 28.0 Å². The van der Waals surface area contributed by atoms with Crippen LogP contribution in [0.2, 0.25) is 0 Å². The molecule has 1 aromatic heterocycles. The Balaban J connectivity index is 2.95. The van der Waals surface area contributed by atoms with Crippen LogP contribution in [0.4, 0.5) is 5.69 Å². The predicted octanol–water partition coefficient (Wildman–Crippen LogP) is 1.78. The van der Waals surface area contributed by atoms with E-state index in [-0.39, 0.29) is 5.56 Å². The summed E-state index contributed by atoms with van der Waals surface area (Å²) in [6, 6.07) is 0. The zero-order valence-electron chi connectivity index (χ0n) is 9.33. The molecular weight excluding hydrogens is 258 g/mol. The highest BCUT2D eigenvalue weighted by Crippen LogP contribution is 2.20. The van der Waals surface area contributed by atoms with Gasteiger partial charge < -0.3 is 4.90 Å². The molecule has 15 heavy (non-hydrogen) atoms. The Morgan fingerprint density at radius 2 is 2.27 bits per heavy atom. The number of halogens is 1. The number of rotatable bonds is 4. The Kier molecular flexibility index (Phi) is 4.32. The van der Waals surface area contributed by atoms with Crippen molar-refractivity contribution in [2.24, 2.45) is 7.05 Å². The predicted molar refractivity (Wildman–Crippen MR) is 65.4 cm³/mol. The van der Waals surface area contributed by atoms with Crippen molar-refractivity contribution < 1.29 is 0 Å². The fraction of sp³-hybridized carbons (Fsp3) is 0.600. The summed E-state index contributed by atoms with van der Waals surface area (Å²) in [7, 11) is 3.61. The second-order valence-corrected chi connectivity index (χ2v) is 4.34. The number of aryl methyl sites for hydroxylation is 1. The van der Waals surface area contributed by atoms with E-state index in [1.54, 1.807) is 13.2 Å². The van der Waals surface area contributed by atoms with Gasteiger partial charge in [-0.25, -0.2) is 4.68 Å². The molecule has 0 atom stereocenters. The normalized spacial score (nSPS) is 10.4. The molecule has 5 heteroatoms. The molecule has 1 rings (SSSR count). The SMILES string of the molecule is CCCCN(C)c1cnn(C)c(=O)c1Br. The van der Waals surface area contributed by atoms with E-state index in [1.807, 2.05) is 11.9 Å². The minimum atomic E-state index is -0.101. The van der Waals surface area contributed by atoms with E-state index in [0.717, 1.165) is 25.1 Å². The molecule has 0 bridgehead atoms. The highest BCUT2D eigenvalue weighted by Gasteiger charge is 2.10. The maximum atomic E-state index is 11.6. The first-order valence-corrected chi connectivity index (χ1v) is 5.80. The fourth-order valence-electron chi connectivity index (χ4n) is 1.28. The lowest BCUT2D eigenvalue weighted by atomic mass is 10.3. The molecular formula is C10H16BrN3O. The van der Waals surface area contributed by atoms with Gasteiger partial charge in [0.2, 0.25) is 0 Å². The second kappa shape index (κ2) is 5.30. The summed E-state index contributed by atoms with van der Waals surface area (Å²) in [6.07, 6.45) is 3.96. The molecule has 0 aliphatic heterocycles. The summed E-state index contributed by atoms with van der Waals surface area (Å²) in [5, 5.41) is 4.00. The van der Waals surface area contributed by atoms with Crippen molar-refractivity contribution in [2.45, 2.75) is 19.8 Å². The zero-order chi connectivity index (χ0) is 11.4. The summed E-state index contributed by atoms with van der Waals surface area (Å²) >= 11 is 3.31. The largest absolute Gasteiger partial charge is 0.372 e. The first-order chi connectivity index (χ1) is 7.07. The Morgan fingerprint density at radius 1 is 1.60 bits per heavy atom. The van der Waals surface area contributed by atoms with Crippen molar-refractivity contribution in [3.8, 4) is 0 Å². The summed E-state index contributed by atoms with van der Waals surface area (Å²) < 4.78 is 1.90. The van der Waals surface area contributed by atoms with Crippen molar-refractivity contribution in [1.82, 2.24) is 9.78 Å². The second-order valence-electron chi connectivity index (χ2n) is 3.55.